The highest BCUT2D eigenvalue weighted by Gasteiger charge is 2.12. The molecular formula is C14H12ClN3OS. The third kappa shape index (κ3) is 2.34. The minimum absolute atomic E-state index is 0.312. The van der Waals surface area contributed by atoms with E-state index in [2.05, 4.69) is 9.97 Å². The molecular weight excluding hydrogens is 294 g/mol. The summed E-state index contributed by atoms with van der Waals surface area (Å²) in [5, 5.41) is 0.641. The van der Waals surface area contributed by atoms with Crippen molar-refractivity contribution in [3.63, 3.8) is 0 Å². The Labute approximate surface area is 124 Å². The van der Waals surface area contributed by atoms with Crippen LogP contribution in [0.1, 0.15) is 11.3 Å². The Balaban J connectivity index is 1.95. The second-order valence-corrected chi connectivity index (χ2v) is 6.12. The Kier molecular flexibility index (Phi) is 3.54. The molecule has 0 radical (unpaired) electrons. The zero-order valence-electron chi connectivity index (χ0n) is 10.8. The molecule has 1 unspecified atom stereocenters. The van der Waals surface area contributed by atoms with Gasteiger partial charge in [-0.25, -0.2) is 13.2 Å². The molecule has 6 heteroatoms. The summed E-state index contributed by atoms with van der Waals surface area (Å²) < 4.78 is 14.2. The molecule has 102 valence electrons. The zero-order chi connectivity index (χ0) is 14.1. The van der Waals surface area contributed by atoms with E-state index in [0.29, 0.717) is 10.8 Å². The van der Waals surface area contributed by atoms with Crippen molar-refractivity contribution in [2.24, 2.45) is 0 Å². The molecule has 3 rings (SSSR count). The van der Waals surface area contributed by atoms with Gasteiger partial charge in [0.25, 0.3) is 0 Å². The summed E-state index contributed by atoms with van der Waals surface area (Å²) >= 11 is 6.06. The number of benzene rings is 1. The third-order valence-electron chi connectivity index (χ3n) is 3.14. The maximum Gasteiger partial charge on any atom is 0.131 e. The zero-order valence-corrected chi connectivity index (χ0v) is 12.4. The molecule has 4 nitrogen and oxygen atoms in total. The molecule has 3 aromatic rings. The van der Waals surface area contributed by atoms with E-state index < -0.39 is 11.0 Å². The Morgan fingerprint density at radius 2 is 2.05 bits per heavy atom. The van der Waals surface area contributed by atoms with Gasteiger partial charge in [0.1, 0.15) is 17.3 Å². The van der Waals surface area contributed by atoms with Gasteiger partial charge < -0.3 is 0 Å². The van der Waals surface area contributed by atoms with Gasteiger partial charge in [-0.05, 0) is 30.7 Å². The molecule has 0 fully saturated rings. The summed E-state index contributed by atoms with van der Waals surface area (Å²) in [4.78, 5) is 8.50. The number of fused-ring (bicyclic) bond motifs is 1. The van der Waals surface area contributed by atoms with Gasteiger partial charge in [-0.3, -0.25) is 4.98 Å². The lowest BCUT2D eigenvalue weighted by atomic mass is 10.2. The van der Waals surface area contributed by atoms with Crippen molar-refractivity contribution in [3.8, 4) is 0 Å². The van der Waals surface area contributed by atoms with Gasteiger partial charge in [0.2, 0.25) is 0 Å². The van der Waals surface area contributed by atoms with Crippen LogP contribution in [0.5, 0.6) is 0 Å². The van der Waals surface area contributed by atoms with Crippen molar-refractivity contribution in [1.82, 2.24) is 13.9 Å². The summed E-state index contributed by atoms with van der Waals surface area (Å²) in [6.45, 7) is 1.88. The Bertz CT molecular complexity index is 800. The smallest absolute Gasteiger partial charge is 0.131 e. The van der Waals surface area contributed by atoms with Crippen LogP contribution in [0.3, 0.4) is 0 Å². The number of rotatable bonds is 3. The summed E-state index contributed by atoms with van der Waals surface area (Å²) in [6, 6.07) is 9.34. The molecule has 0 aliphatic heterocycles. The minimum atomic E-state index is -1.26. The van der Waals surface area contributed by atoms with Crippen LogP contribution in [-0.2, 0) is 16.7 Å². The predicted octanol–water partition coefficient (Wildman–Crippen LogP) is 3.11. The van der Waals surface area contributed by atoms with Crippen molar-refractivity contribution in [2.45, 2.75) is 12.7 Å². The SMILES string of the molecule is Cc1c(Cl)ccnc1CS(=O)n1cnc2ccccc21. The fourth-order valence-corrected chi connectivity index (χ4v) is 3.34. The average Bonchev–Trinajstić information content (AvgIpc) is 2.88. The fraction of sp³-hybridized carbons (Fsp3) is 0.143. The van der Waals surface area contributed by atoms with Gasteiger partial charge in [0.05, 0.1) is 22.5 Å². The van der Waals surface area contributed by atoms with E-state index in [9.17, 15) is 4.21 Å². The van der Waals surface area contributed by atoms with Gasteiger partial charge in [-0.1, -0.05) is 23.7 Å². The van der Waals surface area contributed by atoms with E-state index in [0.717, 1.165) is 22.3 Å². The fourth-order valence-electron chi connectivity index (χ4n) is 1.98. The van der Waals surface area contributed by atoms with Crippen LogP contribution in [-0.4, -0.2) is 18.1 Å². The first-order valence-electron chi connectivity index (χ1n) is 6.08. The van der Waals surface area contributed by atoms with Crippen LogP contribution < -0.4 is 0 Å². The molecule has 0 aliphatic carbocycles. The molecule has 20 heavy (non-hydrogen) atoms. The molecule has 0 N–H and O–H groups in total. The average molecular weight is 306 g/mol. The maximum absolute atomic E-state index is 12.5. The number of pyridine rings is 1. The Morgan fingerprint density at radius 3 is 2.90 bits per heavy atom. The van der Waals surface area contributed by atoms with Crippen LogP contribution >= 0.6 is 11.6 Å². The van der Waals surface area contributed by atoms with Gasteiger partial charge >= 0.3 is 0 Å². The maximum atomic E-state index is 12.5. The van der Waals surface area contributed by atoms with E-state index in [1.54, 1.807) is 22.6 Å². The molecule has 2 heterocycles. The van der Waals surface area contributed by atoms with Gasteiger partial charge in [0.15, 0.2) is 0 Å². The number of hydrogen-bond acceptors (Lipinski definition) is 3. The van der Waals surface area contributed by atoms with Crippen LogP contribution in [0.4, 0.5) is 0 Å². The largest absolute Gasteiger partial charge is 0.260 e. The topological polar surface area (TPSA) is 47.8 Å². The molecule has 1 aromatic carbocycles. The highest BCUT2D eigenvalue weighted by Crippen LogP contribution is 2.19. The lowest BCUT2D eigenvalue weighted by molar-refractivity contribution is 0.677. The molecule has 2 aromatic heterocycles. The van der Waals surface area contributed by atoms with Crippen LogP contribution in [0.25, 0.3) is 11.0 Å². The highest BCUT2D eigenvalue weighted by molar-refractivity contribution is 7.82. The van der Waals surface area contributed by atoms with E-state index in [1.165, 1.54) is 0 Å². The third-order valence-corrected chi connectivity index (χ3v) is 4.80. The number of hydrogen-bond donors (Lipinski definition) is 0. The highest BCUT2D eigenvalue weighted by atomic mass is 35.5. The van der Waals surface area contributed by atoms with E-state index in [-0.39, 0.29) is 0 Å². The summed E-state index contributed by atoms with van der Waals surface area (Å²) in [6.07, 6.45) is 3.23. The standard InChI is InChI=1S/C14H12ClN3OS/c1-10-11(15)6-7-16-13(10)8-20(19)18-9-17-12-4-2-3-5-14(12)18/h2-7,9H,8H2,1H3. The first-order chi connectivity index (χ1) is 9.66. The monoisotopic (exact) mass is 305 g/mol. The molecule has 0 saturated carbocycles. The second-order valence-electron chi connectivity index (χ2n) is 4.39. The summed E-state index contributed by atoms with van der Waals surface area (Å²) in [5.41, 5.74) is 3.29. The molecule has 0 amide bonds. The summed E-state index contributed by atoms with van der Waals surface area (Å²) in [5.74, 6) is 0.312. The molecule has 0 bridgehead atoms. The number of aromatic nitrogens is 3. The Morgan fingerprint density at radius 1 is 1.25 bits per heavy atom. The number of para-hydroxylation sites is 2. The number of nitrogens with zero attached hydrogens (tertiary/aromatic N) is 3. The van der Waals surface area contributed by atoms with E-state index in [1.807, 2.05) is 31.2 Å². The van der Waals surface area contributed by atoms with Crippen LogP contribution in [0.2, 0.25) is 5.02 Å². The van der Waals surface area contributed by atoms with Crippen molar-refractivity contribution in [3.05, 3.63) is 59.1 Å². The quantitative estimate of drug-likeness (QED) is 0.747. The van der Waals surface area contributed by atoms with Crippen molar-refractivity contribution in [2.75, 3.05) is 0 Å². The van der Waals surface area contributed by atoms with Gasteiger partial charge in [0, 0.05) is 11.2 Å². The van der Waals surface area contributed by atoms with Crippen molar-refractivity contribution < 1.29 is 4.21 Å². The van der Waals surface area contributed by atoms with Crippen molar-refractivity contribution >= 4 is 33.6 Å². The van der Waals surface area contributed by atoms with E-state index >= 15 is 0 Å². The van der Waals surface area contributed by atoms with Gasteiger partial charge in [-0.2, -0.15) is 0 Å². The van der Waals surface area contributed by atoms with Crippen molar-refractivity contribution in [1.29, 1.82) is 0 Å². The number of imidazole rings is 1. The first-order valence-corrected chi connectivity index (χ1v) is 7.73. The lowest BCUT2D eigenvalue weighted by Gasteiger charge is -2.07. The van der Waals surface area contributed by atoms with Crippen LogP contribution in [0.15, 0.2) is 42.9 Å². The minimum Gasteiger partial charge on any atom is -0.260 e. The molecule has 0 spiro atoms. The first kappa shape index (κ1) is 13.3. The second kappa shape index (κ2) is 5.34. The molecule has 0 saturated heterocycles. The normalized spacial score (nSPS) is 12.7. The molecule has 0 aliphatic rings. The Hall–Kier alpha value is -1.72. The lowest BCUT2D eigenvalue weighted by Crippen LogP contribution is -2.08. The number of halogens is 1. The van der Waals surface area contributed by atoms with E-state index in [4.69, 9.17) is 11.6 Å². The molecule has 1 atom stereocenters. The summed E-state index contributed by atoms with van der Waals surface area (Å²) in [7, 11) is -1.26. The predicted molar refractivity (Wildman–Crippen MR) is 81.0 cm³/mol. The van der Waals surface area contributed by atoms with Crippen LogP contribution in [0, 0.1) is 6.92 Å². The van der Waals surface area contributed by atoms with Gasteiger partial charge in [-0.15, -0.1) is 0 Å².